The van der Waals surface area contributed by atoms with Crippen molar-refractivity contribution in [2.45, 2.75) is 31.1 Å². The highest BCUT2D eigenvalue weighted by Gasteiger charge is 2.44. The summed E-state index contributed by atoms with van der Waals surface area (Å²) in [7, 11) is 0. The Labute approximate surface area is 76.9 Å². The Hall–Kier alpha value is -0.240. The molecule has 2 saturated carbocycles. The molecule has 2 aliphatic rings. The summed E-state index contributed by atoms with van der Waals surface area (Å²) < 4.78 is 0. The third kappa shape index (κ3) is 1.22. The fraction of sp³-hybridized carbons (Fsp3) is 0.889. The van der Waals surface area contributed by atoms with Crippen LogP contribution < -0.4 is 0 Å². The topological polar surface area (TPSA) is 37.3 Å². The van der Waals surface area contributed by atoms with Gasteiger partial charge in [0.15, 0.2) is 0 Å². The van der Waals surface area contributed by atoms with Gasteiger partial charge in [-0.3, -0.25) is 4.79 Å². The van der Waals surface area contributed by atoms with Crippen molar-refractivity contribution in [3.8, 4) is 0 Å². The molecule has 0 radical (unpaired) electrons. The molecule has 0 spiro atoms. The number of carboxylic acid groups (broad SMARTS) is 1. The maximum atomic E-state index is 10.6. The Morgan fingerprint density at radius 1 is 1.42 bits per heavy atom. The molecule has 0 aromatic rings. The van der Waals surface area contributed by atoms with Crippen LogP contribution >= 0.6 is 11.6 Å². The van der Waals surface area contributed by atoms with Gasteiger partial charge in [-0.25, -0.2) is 0 Å². The summed E-state index contributed by atoms with van der Waals surface area (Å²) in [4.78, 5) is 10.6. The van der Waals surface area contributed by atoms with Crippen molar-refractivity contribution >= 4 is 17.6 Å². The number of aliphatic carboxylic acids is 1. The van der Waals surface area contributed by atoms with E-state index >= 15 is 0 Å². The zero-order valence-electron chi connectivity index (χ0n) is 6.87. The first-order valence-corrected chi connectivity index (χ1v) is 4.99. The van der Waals surface area contributed by atoms with Gasteiger partial charge in [-0.2, -0.15) is 0 Å². The molecular formula is C9H13ClO2. The molecule has 0 unspecified atom stereocenters. The van der Waals surface area contributed by atoms with Crippen molar-refractivity contribution in [3.05, 3.63) is 0 Å². The molecule has 0 aromatic heterocycles. The van der Waals surface area contributed by atoms with E-state index in [0.29, 0.717) is 5.92 Å². The molecule has 0 saturated heterocycles. The maximum absolute atomic E-state index is 10.6. The lowest BCUT2D eigenvalue weighted by atomic mass is 9.86. The monoisotopic (exact) mass is 188 g/mol. The van der Waals surface area contributed by atoms with Crippen molar-refractivity contribution < 1.29 is 9.90 Å². The van der Waals surface area contributed by atoms with Gasteiger partial charge < -0.3 is 5.11 Å². The first kappa shape index (κ1) is 8.36. The minimum Gasteiger partial charge on any atom is -0.480 e. The standard InChI is InChI=1S/C9H13ClO2/c10-8(9(11)12)7-4-5-1-2-6(7)3-5/h5-8H,1-4H2,(H,11,12)/t5-,6-,7-,8-/m0/s1. The summed E-state index contributed by atoms with van der Waals surface area (Å²) in [5.74, 6) is 0.798. The predicted octanol–water partition coefficient (Wildman–Crippen LogP) is 2.11. The minimum absolute atomic E-state index is 0.253. The van der Waals surface area contributed by atoms with Crippen LogP contribution in [0, 0.1) is 17.8 Å². The van der Waals surface area contributed by atoms with Gasteiger partial charge in [0.1, 0.15) is 5.38 Å². The summed E-state index contributed by atoms with van der Waals surface area (Å²) in [5.41, 5.74) is 0. The van der Waals surface area contributed by atoms with Crippen molar-refractivity contribution in [1.29, 1.82) is 0 Å². The van der Waals surface area contributed by atoms with Crippen LogP contribution in [0.25, 0.3) is 0 Å². The number of hydrogen-bond donors (Lipinski definition) is 1. The van der Waals surface area contributed by atoms with Gasteiger partial charge in [0, 0.05) is 0 Å². The van der Waals surface area contributed by atoms with E-state index in [4.69, 9.17) is 16.7 Å². The number of halogens is 1. The molecule has 1 N–H and O–H groups in total. The summed E-state index contributed by atoms with van der Waals surface area (Å²) in [6.45, 7) is 0. The van der Waals surface area contributed by atoms with Crippen LogP contribution in [0.2, 0.25) is 0 Å². The summed E-state index contributed by atoms with van der Waals surface area (Å²) >= 11 is 5.82. The van der Waals surface area contributed by atoms with Crippen molar-refractivity contribution in [2.75, 3.05) is 0 Å². The van der Waals surface area contributed by atoms with Gasteiger partial charge in [0.25, 0.3) is 0 Å². The summed E-state index contributed by atoms with van der Waals surface area (Å²) in [5, 5.41) is 8.10. The van der Waals surface area contributed by atoms with E-state index in [2.05, 4.69) is 0 Å². The lowest BCUT2D eigenvalue weighted by Gasteiger charge is -2.23. The SMILES string of the molecule is O=C(O)[C@@H](Cl)[C@H]1C[C@H]2CC[C@H]1C2. The number of carbonyl (C=O) groups is 1. The Kier molecular flexibility index (Phi) is 2.03. The van der Waals surface area contributed by atoms with Gasteiger partial charge in [-0.15, -0.1) is 11.6 Å². The third-order valence-electron chi connectivity index (χ3n) is 3.40. The van der Waals surface area contributed by atoms with Crippen LogP contribution in [0.15, 0.2) is 0 Å². The number of fused-ring (bicyclic) bond motifs is 2. The fourth-order valence-corrected chi connectivity index (χ4v) is 3.14. The van der Waals surface area contributed by atoms with Gasteiger partial charge in [0.05, 0.1) is 0 Å². The molecule has 2 bridgehead atoms. The molecule has 2 fully saturated rings. The van der Waals surface area contributed by atoms with Crippen molar-refractivity contribution in [3.63, 3.8) is 0 Å². The van der Waals surface area contributed by atoms with E-state index in [1.54, 1.807) is 0 Å². The number of hydrogen-bond acceptors (Lipinski definition) is 1. The van der Waals surface area contributed by atoms with E-state index < -0.39 is 11.3 Å². The molecule has 4 atom stereocenters. The van der Waals surface area contributed by atoms with E-state index in [0.717, 1.165) is 12.3 Å². The Morgan fingerprint density at radius 3 is 2.58 bits per heavy atom. The Morgan fingerprint density at radius 2 is 2.17 bits per heavy atom. The number of rotatable bonds is 2. The first-order valence-electron chi connectivity index (χ1n) is 4.55. The van der Waals surface area contributed by atoms with Crippen LogP contribution in [0.5, 0.6) is 0 Å². The molecule has 2 aliphatic carbocycles. The Balaban J connectivity index is 2.02. The van der Waals surface area contributed by atoms with Crippen molar-refractivity contribution in [1.82, 2.24) is 0 Å². The van der Waals surface area contributed by atoms with Gasteiger partial charge in [-0.1, -0.05) is 6.42 Å². The average molecular weight is 189 g/mol. The predicted molar refractivity (Wildman–Crippen MR) is 46.2 cm³/mol. The molecule has 12 heavy (non-hydrogen) atoms. The Bertz CT molecular complexity index is 205. The zero-order chi connectivity index (χ0) is 8.72. The van der Waals surface area contributed by atoms with E-state index in [1.165, 1.54) is 19.3 Å². The second-order valence-corrected chi connectivity index (χ2v) is 4.55. The second-order valence-electron chi connectivity index (χ2n) is 4.08. The van der Waals surface area contributed by atoms with Crippen LogP contribution in [-0.2, 0) is 4.79 Å². The van der Waals surface area contributed by atoms with Crippen LogP contribution in [0.3, 0.4) is 0 Å². The zero-order valence-corrected chi connectivity index (χ0v) is 7.63. The maximum Gasteiger partial charge on any atom is 0.321 e. The highest BCUT2D eigenvalue weighted by atomic mass is 35.5. The normalized spacial score (nSPS) is 41.6. The molecule has 0 amide bonds. The van der Waals surface area contributed by atoms with E-state index in [1.807, 2.05) is 0 Å². The fourth-order valence-electron chi connectivity index (χ4n) is 2.84. The summed E-state index contributed by atoms with van der Waals surface area (Å²) in [6.07, 6.45) is 4.77. The van der Waals surface area contributed by atoms with Gasteiger partial charge >= 0.3 is 5.97 Å². The minimum atomic E-state index is -0.839. The molecule has 2 rings (SSSR count). The third-order valence-corrected chi connectivity index (χ3v) is 3.91. The first-order chi connectivity index (χ1) is 5.68. The molecule has 0 aromatic carbocycles. The van der Waals surface area contributed by atoms with Crippen LogP contribution in [-0.4, -0.2) is 16.5 Å². The molecule has 3 heteroatoms. The van der Waals surface area contributed by atoms with Crippen LogP contribution in [0.1, 0.15) is 25.7 Å². The summed E-state index contributed by atoms with van der Waals surface area (Å²) in [6, 6.07) is 0. The molecule has 0 heterocycles. The molecule has 68 valence electrons. The largest absolute Gasteiger partial charge is 0.480 e. The molecule has 0 aliphatic heterocycles. The highest BCUT2D eigenvalue weighted by molar-refractivity contribution is 6.29. The molecular weight excluding hydrogens is 176 g/mol. The number of carboxylic acids is 1. The van der Waals surface area contributed by atoms with Gasteiger partial charge in [0.2, 0.25) is 0 Å². The van der Waals surface area contributed by atoms with Gasteiger partial charge in [-0.05, 0) is 37.0 Å². The quantitative estimate of drug-likeness (QED) is 0.674. The van der Waals surface area contributed by atoms with Crippen LogP contribution in [0.4, 0.5) is 0 Å². The van der Waals surface area contributed by atoms with Crippen molar-refractivity contribution in [2.24, 2.45) is 17.8 Å². The average Bonchev–Trinajstić information content (AvgIpc) is 2.62. The van der Waals surface area contributed by atoms with E-state index in [-0.39, 0.29) is 5.92 Å². The lowest BCUT2D eigenvalue weighted by Crippen LogP contribution is -2.28. The smallest absolute Gasteiger partial charge is 0.321 e. The lowest BCUT2D eigenvalue weighted by molar-refractivity contribution is -0.138. The van der Waals surface area contributed by atoms with E-state index in [9.17, 15) is 4.79 Å². The highest BCUT2D eigenvalue weighted by Crippen LogP contribution is 2.50. The molecule has 2 nitrogen and oxygen atoms in total. The second kappa shape index (κ2) is 2.91. The number of alkyl halides is 1.